The van der Waals surface area contributed by atoms with Gasteiger partial charge in [-0.15, -0.1) is 24.0 Å². The molecule has 1 fully saturated rings. The molecule has 0 spiro atoms. The van der Waals surface area contributed by atoms with Crippen LogP contribution in [0, 0.1) is 0 Å². The Morgan fingerprint density at radius 1 is 1.07 bits per heavy atom. The number of aromatic nitrogens is 3. The minimum atomic E-state index is 0. The lowest BCUT2D eigenvalue weighted by Gasteiger charge is -2.19. The van der Waals surface area contributed by atoms with Crippen LogP contribution in [0.2, 0.25) is 0 Å². The molecule has 0 bridgehead atoms. The molecule has 146 valence electrons. The fraction of sp³-hybridized carbons (Fsp3) is 0.286. The maximum Gasteiger partial charge on any atom is 0.191 e. The standard InChI is InChI=1S/C21H24N6.HI/c1-22-20(25-14-21(11-12-21)18-5-3-2-4-6-18)24-13-17-7-9-19(10-8-17)27-16-23-15-26-27;/h2-10,15-16H,11-14H2,1H3,(H2,22,24,25);1H. The smallest absolute Gasteiger partial charge is 0.191 e. The van der Waals surface area contributed by atoms with E-state index in [1.165, 1.54) is 30.3 Å². The van der Waals surface area contributed by atoms with E-state index in [1.807, 2.05) is 19.2 Å². The molecule has 0 unspecified atom stereocenters. The molecular formula is C21H25IN6. The third kappa shape index (κ3) is 4.70. The second kappa shape index (κ2) is 9.18. The van der Waals surface area contributed by atoms with Gasteiger partial charge in [0.15, 0.2) is 5.96 Å². The quantitative estimate of drug-likeness (QED) is 0.318. The van der Waals surface area contributed by atoms with Gasteiger partial charge in [-0.2, -0.15) is 5.10 Å². The maximum atomic E-state index is 4.36. The average Bonchev–Trinajstić information content (AvgIpc) is 3.32. The summed E-state index contributed by atoms with van der Waals surface area (Å²) < 4.78 is 1.75. The lowest BCUT2D eigenvalue weighted by Crippen LogP contribution is -2.40. The number of rotatable bonds is 6. The van der Waals surface area contributed by atoms with Gasteiger partial charge in [0.05, 0.1) is 5.69 Å². The summed E-state index contributed by atoms with van der Waals surface area (Å²) in [7, 11) is 1.81. The Hall–Kier alpha value is -2.42. The molecule has 0 saturated heterocycles. The van der Waals surface area contributed by atoms with E-state index in [0.29, 0.717) is 0 Å². The predicted octanol–water partition coefficient (Wildman–Crippen LogP) is 3.28. The lowest BCUT2D eigenvalue weighted by atomic mass is 9.96. The van der Waals surface area contributed by atoms with Gasteiger partial charge in [0.25, 0.3) is 0 Å². The second-order valence-corrected chi connectivity index (χ2v) is 6.93. The van der Waals surface area contributed by atoms with Crippen LogP contribution in [0.25, 0.3) is 5.69 Å². The van der Waals surface area contributed by atoms with Crippen molar-refractivity contribution >= 4 is 29.9 Å². The summed E-state index contributed by atoms with van der Waals surface area (Å²) in [6, 6.07) is 19.0. The molecule has 3 aromatic rings. The SMILES string of the molecule is CN=C(NCc1ccc(-n2cncn2)cc1)NCC1(c2ccccc2)CC1.I. The first-order chi connectivity index (χ1) is 13.3. The molecule has 0 atom stereocenters. The van der Waals surface area contributed by atoms with Crippen LogP contribution in [-0.2, 0) is 12.0 Å². The molecule has 4 rings (SSSR count). The topological polar surface area (TPSA) is 67.1 Å². The second-order valence-electron chi connectivity index (χ2n) is 6.93. The number of hydrogen-bond donors (Lipinski definition) is 2. The van der Waals surface area contributed by atoms with Crippen LogP contribution in [-0.4, -0.2) is 34.3 Å². The Morgan fingerprint density at radius 2 is 1.82 bits per heavy atom. The molecule has 1 aromatic heterocycles. The predicted molar refractivity (Wildman–Crippen MR) is 122 cm³/mol. The molecule has 2 N–H and O–H groups in total. The van der Waals surface area contributed by atoms with E-state index in [-0.39, 0.29) is 29.4 Å². The molecule has 1 aliphatic carbocycles. The summed E-state index contributed by atoms with van der Waals surface area (Å²) in [5, 5.41) is 11.0. The fourth-order valence-corrected chi connectivity index (χ4v) is 3.28. The van der Waals surface area contributed by atoms with Gasteiger partial charge in [0, 0.05) is 25.6 Å². The van der Waals surface area contributed by atoms with Crippen LogP contribution >= 0.6 is 24.0 Å². The summed E-state index contributed by atoms with van der Waals surface area (Å²) in [6.07, 6.45) is 5.68. The van der Waals surface area contributed by atoms with Gasteiger partial charge in [0.1, 0.15) is 12.7 Å². The van der Waals surface area contributed by atoms with Gasteiger partial charge in [-0.25, -0.2) is 9.67 Å². The van der Waals surface area contributed by atoms with E-state index >= 15 is 0 Å². The van der Waals surface area contributed by atoms with Crippen molar-refractivity contribution in [2.75, 3.05) is 13.6 Å². The van der Waals surface area contributed by atoms with Crippen LogP contribution in [0.5, 0.6) is 0 Å². The number of nitrogens with one attached hydrogen (secondary N) is 2. The number of halogens is 1. The Kier molecular flexibility index (Phi) is 6.66. The molecule has 28 heavy (non-hydrogen) atoms. The highest BCUT2D eigenvalue weighted by Crippen LogP contribution is 2.47. The Morgan fingerprint density at radius 3 is 2.43 bits per heavy atom. The molecule has 7 heteroatoms. The van der Waals surface area contributed by atoms with E-state index in [2.05, 4.69) is 68.2 Å². The van der Waals surface area contributed by atoms with Crippen molar-refractivity contribution in [1.82, 2.24) is 25.4 Å². The summed E-state index contributed by atoms with van der Waals surface area (Å²) >= 11 is 0. The van der Waals surface area contributed by atoms with Crippen molar-refractivity contribution < 1.29 is 0 Å². The first kappa shape index (κ1) is 20.3. The van der Waals surface area contributed by atoms with Crippen LogP contribution < -0.4 is 10.6 Å². The summed E-state index contributed by atoms with van der Waals surface area (Å²) in [4.78, 5) is 8.33. The van der Waals surface area contributed by atoms with Crippen LogP contribution in [0.1, 0.15) is 24.0 Å². The number of hydrogen-bond acceptors (Lipinski definition) is 3. The Labute approximate surface area is 182 Å². The van der Waals surface area contributed by atoms with E-state index in [0.717, 1.165) is 24.7 Å². The first-order valence-corrected chi connectivity index (χ1v) is 9.23. The van der Waals surface area contributed by atoms with E-state index in [1.54, 1.807) is 11.0 Å². The van der Waals surface area contributed by atoms with Gasteiger partial charge >= 0.3 is 0 Å². The van der Waals surface area contributed by atoms with Crippen molar-refractivity contribution in [3.05, 3.63) is 78.4 Å². The van der Waals surface area contributed by atoms with Crippen LogP contribution in [0.3, 0.4) is 0 Å². The minimum absolute atomic E-state index is 0. The normalized spacial score (nSPS) is 14.8. The highest BCUT2D eigenvalue weighted by molar-refractivity contribution is 14.0. The van der Waals surface area contributed by atoms with E-state index < -0.39 is 0 Å². The monoisotopic (exact) mass is 488 g/mol. The highest BCUT2D eigenvalue weighted by atomic mass is 127. The van der Waals surface area contributed by atoms with Gasteiger partial charge in [-0.3, -0.25) is 4.99 Å². The molecule has 2 aromatic carbocycles. The summed E-state index contributed by atoms with van der Waals surface area (Å²) in [5.74, 6) is 0.831. The molecule has 0 radical (unpaired) electrons. The Bertz CT molecular complexity index is 886. The molecule has 1 heterocycles. The molecule has 0 aliphatic heterocycles. The third-order valence-corrected chi connectivity index (χ3v) is 5.14. The first-order valence-electron chi connectivity index (χ1n) is 9.23. The van der Waals surface area contributed by atoms with Crippen molar-refractivity contribution in [2.45, 2.75) is 24.8 Å². The van der Waals surface area contributed by atoms with Crippen LogP contribution in [0.15, 0.2) is 72.2 Å². The molecule has 6 nitrogen and oxygen atoms in total. The molecule has 0 amide bonds. The molecule has 1 aliphatic rings. The number of benzene rings is 2. The van der Waals surface area contributed by atoms with Crippen molar-refractivity contribution in [1.29, 1.82) is 0 Å². The fourth-order valence-electron chi connectivity index (χ4n) is 3.28. The highest BCUT2D eigenvalue weighted by Gasteiger charge is 2.43. The molecular weight excluding hydrogens is 463 g/mol. The van der Waals surface area contributed by atoms with Gasteiger partial charge in [-0.1, -0.05) is 42.5 Å². The zero-order valence-corrected chi connectivity index (χ0v) is 18.2. The lowest BCUT2D eigenvalue weighted by molar-refractivity contribution is 0.645. The van der Waals surface area contributed by atoms with Crippen molar-refractivity contribution in [3.63, 3.8) is 0 Å². The van der Waals surface area contributed by atoms with E-state index in [4.69, 9.17) is 0 Å². The van der Waals surface area contributed by atoms with Crippen molar-refractivity contribution in [3.8, 4) is 5.69 Å². The van der Waals surface area contributed by atoms with E-state index in [9.17, 15) is 0 Å². The average molecular weight is 488 g/mol. The van der Waals surface area contributed by atoms with Gasteiger partial charge in [0.2, 0.25) is 0 Å². The summed E-state index contributed by atoms with van der Waals surface area (Å²) in [5.41, 5.74) is 3.86. The number of aliphatic imine (C=N–C) groups is 1. The van der Waals surface area contributed by atoms with Crippen molar-refractivity contribution in [2.24, 2.45) is 4.99 Å². The number of guanidine groups is 1. The Balaban J connectivity index is 0.00000225. The third-order valence-electron chi connectivity index (χ3n) is 5.14. The maximum absolute atomic E-state index is 4.36. The van der Waals surface area contributed by atoms with Gasteiger partial charge in [-0.05, 0) is 36.1 Å². The largest absolute Gasteiger partial charge is 0.356 e. The summed E-state index contributed by atoms with van der Waals surface area (Å²) in [6.45, 7) is 1.62. The zero-order chi connectivity index (χ0) is 18.5. The molecule has 1 saturated carbocycles. The zero-order valence-electron chi connectivity index (χ0n) is 15.9. The number of nitrogens with zero attached hydrogens (tertiary/aromatic N) is 4. The minimum Gasteiger partial charge on any atom is -0.356 e. The van der Waals surface area contributed by atoms with Crippen LogP contribution in [0.4, 0.5) is 0 Å². The van der Waals surface area contributed by atoms with Gasteiger partial charge < -0.3 is 10.6 Å².